The highest BCUT2D eigenvalue weighted by molar-refractivity contribution is 7.89. The Hall–Kier alpha value is -2.29. The first kappa shape index (κ1) is 15.6. The number of hydrogen-bond donors (Lipinski definition) is 2. The van der Waals surface area contributed by atoms with Crippen LogP contribution in [0.5, 0.6) is 0 Å². The maximum absolute atomic E-state index is 12.4. The summed E-state index contributed by atoms with van der Waals surface area (Å²) in [4.78, 5) is 4.03. The van der Waals surface area contributed by atoms with Gasteiger partial charge in [-0.1, -0.05) is 35.5 Å². The minimum absolute atomic E-state index is 0.0524. The average molecular weight is 332 g/mol. The lowest BCUT2D eigenvalue weighted by Gasteiger charge is -2.13. The molecule has 0 saturated heterocycles. The molecule has 3 rings (SSSR count). The number of benzene rings is 1. The van der Waals surface area contributed by atoms with Gasteiger partial charge in [-0.3, -0.25) is 0 Å². The summed E-state index contributed by atoms with van der Waals surface area (Å²) in [5.41, 5.74) is 7.77. The lowest BCUT2D eigenvalue weighted by molar-refractivity contribution is 0.442. The number of hydrogen-bond acceptors (Lipinski definition) is 6. The Morgan fingerprint density at radius 2 is 2.04 bits per heavy atom. The van der Waals surface area contributed by atoms with Crippen molar-refractivity contribution >= 4 is 21.1 Å². The van der Waals surface area contributed by atoms with E-state index in [1.807, 2.05) is 30.3 Å². The third-order valence-electron chi connectivity index (χ3n) is 3.52. The second kappa shape index (κ2) is 6.07. The number of nitrogens with one attached hydrogen (secondary N) is 1. The number of aromatic nitrogens is 2. The van der Waals surface area contributed by atoms with E-state index in [4.69, 9.17) is 10.3 Å². The van der Waals surface area contributed by atoms with Crippen molar-refractivity contribution in [1.29, 1.82) is 0 Å². The van der Waals surface area contributed by atoms with Gasteiger partial charge in [-0.05, 0) is 18.6 Å². The van der Waals surface area contributed by atoms with E-state index in [-0.39, 0.29) is 11.4 Å². The zero-order chi connectivity index (χ0) is 16.4. The number of aryl methyl sites for hydroxylation is 1. The van der Waals surface area contributed by atoms with E-state index in [0.717, 1.165) is 5.56 Å². The van der Waals surface area contributed by atoms with Crippen molar-refractivity contribution in [3.63, 3.8) is 0 Å². The first-order chi connectivity index (χ1) is 11.0. The molecule has 1 aromatic carbocycles. The fourth-order valence-corrected chi connectivity index (χ4v) is 3.20. The molecule has 2 heterocycles. The molecule has 0 amide bonds. The predicted molar refractivity (Wildman–Crippen MR) is 85.1 cm³/mol. The van der Waals surface area contributed by atoms with E-state index in [9.17, 15) is 8.42 Å². The molecule has 2 aromatic heterocycles. The molecule has 0 aliphatic rings. The van der Waals surface area contributed by atoms with E-state index in [1.165, 1.54) is 12.3 Å². The molecule has 0 aliphatic carbocycles. The molecule has 0 aliphatic heterocycles. The van der Waals surface area contributed by atoms with Gasteiger partial charge >= 0.3 is 0 Å². The van der Waals surface area contributed by atoms with Crippen LogP contribution in [0.4, 0.5) is 0 Å². The van der Waals surface area contributed by atoms with Crippen LogP contribution >= 0.6 is 0 Å². The third kappa shape index (κ3) is 3.24. The van der Waals surface area contributed by atoms with Crippen molar-refractivity contribution in [2.75, 3.05) is 6.54 Å². The van der Waals surface area contributed by atoms with Gasteiger partial charge in [0.25, 0.3) is 5.71 Å². The molecule has 0 unspecified atom stereocenters. The quantitative estimate of drug-likeness (QED) is 0.732. The van der Waals surface area contributed by atoms with Gasteiger partial charge in [-0.2, -0.15) is 0 Å². The molecule has 7 nitrogen and oxygen atoms in total. The molecule has 0 bridgehead atoms. The summed E-state index contributed by atoms with van der Waals surface area (Å²) in [6, 6.07) is 10.4. The van der Waals surface area contributed by atoms with Crippen molar-refractivity contribution in [3.05, 3.63) is 53.9 Å². The molecule has 3 aromatic rings. The van der Waals surface area contributed by atoms with Crippen LogP contribution in [0.25, 0.3) is 11.1 Å². The van der Waals surface area contributed by atoms with Gasteiger partial charge in [0, 0.05) is 12.6 Å². The van der Waals surface area contributed by atoms with E-state index in [0.29, 0.717) is 16.8 Å². The van der Waals surface area contributed by atoms with Crippen LogP contribution in [0.1, 0.15) is 17.3 Å². The number of sulfonamides is 1. The molecular formula is C15H16N4O3S. The summed E-state index contributed by atoms with van der Waals surface area (Å²) in [6.45, 7) is 1.82. The topological polar surface area (TPSA) is 111 Å². The van der Waals surface area contributed by atoms with Crippen molar-refractivity contribution < 1.29 is 12.9 Å². The van der Waals surface area contributed by atoms with E-state index in [2.05, 4.69) is 14.9 Å². The summed E-state index contributed by atoms with van der Waals surface area (Å²) in [6.07, 6.45) is 1.24. The molecule has 0 spiro atoms. The molecule has 0 saturated carbocycles. The average Bonchev–Trinajstić information content (AvgIpc) is 2.94. The first-order valence-corrected chi connectivity index (χ1v) is 8.48. The molecule has 3 N–H and O–H groups in total. The van der Waals surface area contributed by atoms with Gasteiger partial charge in [-0.15, -0.1) is 0 Å². The Balaban J connectivity index is 1.79. The fourth-order valence-electron chi connectivity index (χ4n) is 2.17. The van der Waals surface area contributed by atoms with Gasteiger partial charge in [0.05, 0.1) is 17.3 Å². The monoisotopic (exact) mass is 332 g/mol. The van der Waals surface area contributed by atoms with Crippen molar-refractivity contribution in [2.24, 2.45) is 5.73 Å². The SMILES string of the molecule is Cc1noc2ncc(S(=O)(=O)NC[C@H](N)c3ccccc3)cc12. The van der Waals surface area contributed by atoms with Crippen molar-refractivity contribution in [3.8, 4) is 0 Å². The molecular weight excluding hydrogens is 316 g/mol. The van der Waals surface area contributed by atoms with Crippen LogP contribution < -0.4 is 10.5 Å². The van der Waals surface area contributed by atoms with Crippen LogP contribution in [0.3, 0.4) is 0 Å². The van der Waals surface area contributed by atoms with Crippen LogP contribution in [-0.4, -0.2) is 25.1 Å². The number of pyridine rings is 1. The van der Waals surface area contributed by atoms with Crippen molar-refractivity contribution in [1.82, 2.24) is 14.9 Å². The lowest BCUT2D eigenvalue weighted by atomic mass is 10.1. The zero-order valence-corrected chi connectivity index (χ0v) is 13.2. The van der Waals surface area contributed by atoms with Gasteiger partial charge in [-0.25, -0.2) is 18.1 Å². The van der Waals surface area contributed by atoms with Crippen LogP contribution in [0.2, 0.25) is 0 Å². The normalized spacial score (nSPS) is 13.3. The summed E-state index contributed by atoms with van der Waals surface area (Å²) < 4.78 is 32.3. The summed E-state index contributed by atoms with van der Waals surface area (Å²) in [5.74, 6) is 0. The van der Waals surface area contributed by atoms with Crippen molar-refractivity contribution in [2.45, 2.75) is 17.9 Å². The minimum Gasteiger partial charge on any atom is -0.336 e. The maximum Gasteiger partial charge on any atom is 0.257 e. The van der Waals surface area contributed by atoms with E-state index in [1.54, 1.807) is 6.92 Å². The van der Waals surface area contributed by atoms with Gasteiger partial charge in [0.1, 0.15) is 4.90 Å². The van der Waals surface area contributed by atoms with E-state index >= 15 is 0 Å². The van der Waals surface area contributed by atoms with Crippen LogP contribution in [0, 0.1) is 6.92 Å². The predicted octanol–water partition coefficient (Wildman–Crippen LogP) is 1.51. The van der Waals surface area contributed by atoms with Gasteiger partial charge in [0.15, 0.2) is 0 Å². The molecule has 0 radical (unpaired) electrons. The number of nitrogens with zero attached hydrogens (tertiary/aromatic N) is 2. The molecule has 1 atom stereocenters. The first-order valence-electron chi connectivity index (χ1n) is 6.99. The Kier molecular flexibility index (Phi) is 4.12. The number of rotatable bonds is 5. The molecule has 120 valence electrons. The fraction of sp³-hybridized carbons (Fsp3) is 0.200. The third-order valence-corrected chi connectivity index (χ3v) is 4.91. The molecule has 8 heteroatoms. The highest BCUT2D eigenvalue weighted by atomic mass is 32.2. The Bertz CT molecular complexity index is 922. The number of fused-ring (bicyclic) bond motifs is 1. The maximum atomic E-state index is 12.4. The zero-order valence-electron chi connectivity index (χ0n) is 12.4. The molecule has 23 heavy (non-hydrogen) atoms. The summed E-state index contributed by atoms with van der Waals surface area (Å²) in [5, 5.41) is 4.33. The highest BCUT2D eigenvalue weighted by Gasteiger charge is 2.18. The second-order valence-electron chi connectivity index (χ2n) is 5.16. The molecule has 0 fully saturated rings. The second-order valence-corrected chi connectivity index (χ2v) is 6.93. The van der Waals surface area contributed by atoms with E-state index < -0.39 is 16.1 Å². The Morgan fingerprint density at radius 1 is 1.30 bits per heavy atom. The largest absolute Gasteiger partial charge is 0.336 e. The van der Waals surface area contributed by atoms with Crippen LogP contribution in [-0.2, 0) is 10.0 Å². The van der Waals surface area contributed by atoms with Gasteiger partial charge in [0.2, 0.25) is 10.0 Å². The summed E-state index contributed by atoms with van der Waals surface area (Å²) in [7, 11) is -3.71. The smallest absolute Gasteiger partial charge is 0.257 e. The Labute approximate surface area is 133 Å². The minimum atomic E-state index is -3.71. The standard InChI is InChI=1S/C15H16N4O3S/c1-10-13-7-12(8-17-15(13)22-19-10)23(20,21)18-9-14(16)11-5-3-2-4-6-11/h2-8,14,18H,9,16H2,1H3/t14-/m0/s1. The van der Waals surface area contributed by atoms with Gasteiger partial charge < -0.3 is 10.3 Å². The highest BCUT2D eigenvalue weighted by Crippen LogP contribution is 2.19. The lowest BCUT2D eigenvalue weighted by Crippen LogP contribution is -2.32. The van der Waals surface area contributed by atoms with Crippen LogP contribution in [0.15, 0.2) is 52.0 Å². The summed E-state index contributed by atoms with van der Waals surface area (Å²) >= 11 is 0. The number of nitrogens with two attached hydrogens (primary N) is 1. The Morgan fingerprint density at radius 3 is 2.78 bits per heavy atom.